The molecule has 17 heteroatoms. The van der Waals surface area contributed by atoms with Gasteiger partial charge in [0.2, 0.25) is 0 Å². The average Bonchev–Trinajstić information content (AvgIpc) is 2.93. The van der Waals surface area contributed by atoms with Crippen LogP contribution in [0.15, 0.2) is 45.1 Å². The number of rotatable bonds is 1. The number of nitrogens with zero attached hydrogens (tertiary/aromatic N) is 4. The number of nitrogens with two attached hydrogens (primary N) is 1. The van der Waals surface area contributed by atoms with Crippen molar-refractivity contribution in [1.82, 2.24) is 29.7 Å². The number of aromatic amines is 2. The lowest BCUT2D eigenvalue weighted by atomic mass is 10.0. The van der Waals surface area contributed by atoms with E-state index >= 15 is 0 Å². The molecular weight excluding hydrogens is 579 g/mol. The first-order valence-electron chi connectivity index (χ1n) is 12.3. The van der Waals surface area contributed by atoms with Gasteiger partial charge in [0.15, 0.2) is 5.82 Å². The molecule has 42 heavy (non-hydrogen) atoms. The second-order valence-electron chi connectivity index (χ2n) is 9.11. The molecule has 226 valence electrons. The van der Waals surface area contributed by atoms with E-state index in [9.17, 15) is 45.1 Å². The Morgan fingerprint density at radius 1 is 0.857 bits per heavy atom. The zero-order valence-corrected chi connectivity index (χ0v) is 21.9. The third-order valence-corrected chi connectivity index (χ3v) is 6.08. The monoisotopic (exact) mass is 603 g/mol. The molecule has 5 rings (SSSR count). The fraction of sp³-hybridized carbons (Fsp3) is 0.360. The Bertz CT molecular complexity index is 1690. The first kappa shape index (κ1) is 32.0. The molecule has 4 aromatic rings. The molecule has 1 aliphatic carbocycles. The van der Waals surface area contributed by atoms with Gasteiger partial charge in [-0.25, -0.2) is 24.3 Å². The maximum absolute atomic E-state index is 14.2. The molecule has 1 aliphatic rings. The van der Waals surface area contributed by atoms with Crippen LogP contribution in [0.3, 0.4) is 0 Å². The summed E-state index contributed by atoms with van der Waals surface area (Å²) < 4.78 is 88.4. The van der Waals surface area contributed by atoms with E-state index in [0.717, 1.165) is 22.9 Å². The zero-order chi connectivity index (χ0) is 31.2. The lowest BCUT2D eigenvalue weighted by Crippen LogP contribution is -2.32. The molecule has 0 amide bonds. The first-order valence-corrected chi connectivity index (χ1v) is 12.3. The molecule has 0 unspecified atom stereocenters. The number of halogens is 7. The van der Waals surface area contributed by atoms with E-state index in [1.165, 1.54) is 45.6 Å². The van der Waals surface area contributed by atoms with Gasteiger partial charge < -0.3 is 10.7 Å². The van der Waals surface area contributed by atoms with E-state index in [1.54, 1.807) is 5.10 Å². The number of nitrogen functional groups attached to an aromatic ring is 1. The third-order valence-electron chi connectivity index (χ3n) is 6.08. The minimum Gasteiger partial charge on any atom is -0.397 e. The maximum Gasteiger partial charge on any atom is 0.423 e. The molecule has 0 saturated heterocycles. The largest absolute Gasteiger partial charge is 0.423 e. The van der Waals surface area contributed by atoms with Gasteiger partial charge in [0, 0.05) is 19.4 Å². The summed E-state index contributed by atoms with van der Waals surface area (Å²) in [5.41, 5.74) is -1.20. The van der Waals surface area contributed by atoms with Crippen LogP contribution in [0.2, 0.25) is 0 Å². The summed E-state index contributed by atoms with van der Waals surface area (Å²) in [4.78, 5) is 43.5. The summed E-state index contributed by atoms with van der Waals surface area (Å²) in [7, 11) is 1.23. The predicted octanol–water partition coefficient (Wildman–Crippen LogP) is 4.55. The van der Waals surface area contributed by atoms with Crippen molar-refractivity contribution in [3.8, 4) is 11.4 Å². The maximum atomic E-state index is 14.2. The van der Waals surface area contributed by atoms with E-state index in [4.69, 9.17) is 5.73 Å². The zero-order valence-electron chi connectivity index (χ0n) is 21.9. The summed E-state index contributed by atoms with van der Waals surface area (Å²) in [6.07, 6.45) is 1.44. The van der Waals surface area contributed by atoms with Gasteiger partial charge in [-0.2, -0.15) is 31.4 Å². The highest BCUT2D eigenvalue weighted by molar-refractivity contribution is 5.82. The van der Waals surface area contributed by atoms with E-state index in [1.807, 2.05) is 0 Å². The highest BCUT2D eigenvalue weighted by Crippen LogP contribution is 2.30. The molecule has 1 fully saturated rings. The number of anilines is 1. The summed E-state index contributed by atoms with van der Waals surface area (Å²) in [5, 5.41) is 4.66. The number of fused-ring (bicyclic) bond motifs is 1. The highest BCUT2D eigenvalue weighted by atomic mass is 19.4. The third kappa shape index (κ3) is 7.79. The summed E-state index contributed by atoms with van der Waals surface area (Å²) in [6, 6.07) is 1.99. The highest BCUT2D eigenvalue weighted by Gasteiger charge is 2.36. The van der Waals surface area contributed by atoms with Crippen molar-refractivity contribution in [3.63, 3.8) is 0 Å². The number of alkyl halides is 6. The number of aromatic nitrogens is 6. The topological polar surface area (TPSA) is 152 Å². The van der Waals surface area contributed by atoms with Crippen molar-refractivity contribution in [1.29, 1.82) is 0 Å². The molecule has 3 heterocycles. The van der Waals surface area contributed by atoms with Gasteiger partial charge in [-0.3, -0.25) is 14.2 Å². The standard InChI is InChI=1S/C14H8F4N4O2.C6H12.C5H4F3N3O/c1-22-12(23)8-2-9(15)7(3-10(8)21-13(22)24)11-19-4-6(5-20-11)14(16,17)18;1-2-4-6-5-3-1;6-5(7,8)3-2(9)1-10-11-4(3)12/h2-5H,1H3,(H,21,24);1-6H2;1H,(H3,9,11,12). The fourth-order valence-electron chi connectivity index (χ4n) is 3.88. The Labute approximate surface area is 231 Å². The molecule has 0 spiro atoms. The molecule has 10 nitrogen and oxygen atoms in total. The molecule has 0 bridgehead atoms. The van der Waals surface area contributed by atoms with E-state index in [-0.39, 0.29) is 22.3 Å². The first-order chi connectivity index (χ1) is 19.6. The molecule has 1 saturated carbocycles. The van der Waals surface area contributed by atoms with E-state index in [0.29, 0.717) is 12.4 Å². The number of nitrogens with one attached hydrogen (secondary N) is 2. The smallest absolute Gasteiger partial charge is 0.397 e. The second-order valence-corrected chi connectivity index (χ2v) is 9.11. The van der Waals surface area contributed by atoms with Gasteiger partial charge in [-0.15, -0.1) is 0 Å². The van der Waals surface area contributed by atoms with Crippen LogP contribution in [0.4, 0.5) is 36.4 Å². The van der Waals surface area contributed by atoms with Crippen molar-refractivity contribution in [2.75, 3.05) is 5.73 Å². The number of hydrogen-bond acceptors (Lipinski definition) is 7. The van der Waals surface area contributed by atoms with Gasteiger partial charge in [0.05, 0.1) is 33.9 Å². The molecule has 4 N–H and O–H groups in total. The van der Waals surface area contributed by atoms with Crippen LogP contribution in [0.25, 0.3) is 22.3 Å². The van der Waals surface area contributed by atoms with Crippen LogP contribution in [0, 0.1) is 5.82 Å². The molecule has 1 aromatic carbocycles. The van der Waals surface area contributed by atoms with E-state index < -0.39 is 51.8 Å². The SMILES string of the molecule is C1CCCCC1.Cn1c(=O)[nH]c2cc(-c3ncc(C(F)(F)F)cn3)c(F)cc2c1=O.Nc1cn[nH]c(=O)c1C(F)(F)F. The fourth-order valence-corrected chi connectivity index (χ4v) is 3.88. The lowest BCUT2D eigenvalue weighted by molar-refractivity contribution is -0.138. The van der Waals surface area contributed by atoms with E-state index in [2.05, 4.69) is 20.1 Å². The van der Waals surface area contributed by atoms with Crippen LogP contribution >= 0.6 is 0 Å². The van der Waals surface area contributed by atoms with Crippen molar-refractivity contribution in [3.05, 3.63) is 78.9 Å². The van der Waals surface area contributed by atoms with Crippen LogP contribution in [-0.2, 0) is 19.4 Å². The second kappa shape index (κ2) is 12.9. The number of hydrogen-bond donors (Lipinski definition) is 3. The lowest BCUT2D eigenvalue weighted by Gasteiger charge is -2.08. The normalized spacial score (nSPS) is 13.5. The molecule has 0 radical (unpaired) electrons. The summed E-state index contributed by atoms with van der Waals surface area (Å²) in [5.74, 6) is -1.20. The van der Waals surface area contributed by atoms with Gasteiger partial charge in [0.1, 0.15) is 11.4 Å². The molecule has 0 aliphatic heterocycles. The van der Waals surface area contributed by atoms with Crippen LogP contribution < -0.4 is 22.5 Å². The quantitative estimate of drug-likeness (QED) is 0.270. The Balaban J connectivity index is 0.000000221. The Kier molecular flexibility index (Phi) is 9.85. The minimum atomic E-state index is -4.74. The van der Waals surface area contributed by atoms with Gasteiger partial charge in [-0.1, -0.05) is 38.5 Å². The van der Waals surface area contributed by atoms with Gasteiger partial charge >= 0.3 is 18.0 Å². The van der Waals surface area contributed by atoms with Gasteiger partial charge in [-0.05, 0) is 12.1 Å². The summed E-state index contributed by atoms with van der Waals surface area (Å²) >= 11 is 0. The van der Waals surface area contributed by atoms with Crippen molar-refractivity contribution < 1.29 is 30.7 Å². The molecular formula is C25H24F7N7O3. The van der Waals surface area contributed by atoms with Crippen molar-refractivity contribution in [2.24, 2.45) is 7.05 Å². The van der Waals surface area contributed by atoms with Crippen molar-refractivity contribution in [2.45, 2.75) is 50.9 Å². The molecule has 3 aromatic heterocycles. The Morgan fingerprint density at radius 2 is 1.40 bits per heavy atom. The number of benzene rings is 1. The summed E-state index contributed by atoms with van der Waals surface area (Å²) in [6.45, 7) is 0. The predicted molar refractivity (Wildman–Crippen MR) is 138 cm³/mol. The Hall–Kier alpha value is -4.57. The van der Waals surface area contributed by atoms with Crippen molar-refractivity contribution >= 4 is 16.6 Å². The van der Waals surface area contributed by atoms with Crippen LogP contribution in [0.5, 0.6) is 0 Å². The van der Waals surface area contributed by atoms with Crippen LogP contribution in [-0.4, -0.2) is 29.7 Å². The van der Waals surface area contributed by atoms with Crippen LogP contribution in [0.1, 0.15) is 49.7 Å². The average molecular weight is 603 g/mol. The Morgan fingerprint density at radius 3 is 1.86 bits per heavy atom. The molecule has 0 atom stereocenters. The van der Waals surface area contributed by atoms with Gasteiger partial charge in [0.25, 0.3) is 11.1 Å². The minimum absolute atomic E-state index is 0.0306. The number of H-pyrrole nitrogens is 2.